The van der Waals surface area contributed by atoms with Crippen LogP contribution in [0, 0.1) is 5.92 Å². The van der Waals surface area contributed by atoms with Crippen LogP contribution in [0.1, 0.15) is 106 Å². The van der Waals surface area contributed by atoms with E-state index >= 15 is 0 Å². The SMILES string of the molecule is C/C=C(/C)C(=O)O[C@H]1C=C2[C@H]([C@@H]1OC(=O)CCCCCCC)[C@@](C)(OC(C)=O)C[C@H](OC(=O)CCC)[C@@]1(O)[C@H]2OC(=O)[C@@]1(C)O. The van der Waals surface area contributed by atoms with E-state index < -0.39 is 83.4 Å². The van der Waals surface area contributed by atoms with Gasteiger partial charge >= 0.3 is 29.8 Å². The predicted molar refractivity (Wildman–Crippen MR) is 159 cm³/mol. The molecule has 45 heavy (non-hydrogen) atoms. The lowest BCUT2D eigenvalue weighted by Crippen LogP contribution is -2.64. The van der Waals surface area contributed by atoms with Crippen LogP contribution in [0.15, 0.2) is 23.3 Å². The number of fused-ring (bicyclic) bond motifs is 3. The summed E-state index contributed by atoms with van der Waals surface area (Å²) in [6.07, 6.45) is 1.67. The van der Waals surface area contributed by atoms with E-state index in [4.69, 9.17) is 23.7 Å². The molecule has 252 valence electrons. The van der Waals surface area contributed by atoms with Gasteiger partial charge in [-0.05, 0) is 52.2 Å². The standard InChI is InChI=1S/C33H48O12/c1-8-11-12-13-14-16-25(36)43-27-22(41-29(37)19(4)10-3)17-21-26(27)31(6,45-20(5)34)18-23(42-24(35)15-9-2)33(40)28(21)44-30(38)32(33,7)39/h10,17,22-23,26-28,39-40H,8-9,11-16,18H2,1-7H3/b19-10-/t22-,23-,26+,27+,28-,31-,32+,33+/m0/s1. The molecular weight excluding hydrogens is 588 g/mol. The van der Waals surface area contributed by atoms with Crippen LogP contribution in [0.2, 0.25) is 0 Å². The molecule has 12 nitrogen and oxygen atoms in total. The highest BCUT2D eigenvalue weighted by Gasteiger charge is 2.75. The lowest BCUT2D eigenvalue weighted by atomic mass is 9.75. The first-order valence-electron chi connectivity index (χ1n) is 15.9. The topological polar surface area (TPSA) is 172 Å². The molecule has 0 spiro atoms. The number of ether oxygens (including phenoxy) is 5. The van der Waals surface area contributed by atoms with Crippen molar-refractivity contribution in [3.63, 3.8) is 0 Å². The Kier molecular flexibility index (Phi) is 11.6. The number of carbonyl (C=O) groups is 5. The van der Waals surface area contributed by atoms with Crippen LogP contribution in [0.3, 0.4) is 0 Å². The van der Waals surface area contributed by atoms with Gasteiger partial charge in [0.1, 0.15) is 11.7 Å². The van der Waals surface area contributed by atoms with Gasteiger partial charge in [-0.2, -0.15) is 0 Å². The van der Waals surface area contributed by atoms with Crippen molar-refractivity contribution in [2.45, 2.75) is 147 Å². The maximum absolute atomic E-state index is 13.2. The van der Waals surface area contributed by atoms with Crippen molar-refractivity contribution in [3.8, 4) is 0 Å². The molecule has 3 rings (SSSR count). The van der Waals surface area contributed by atoms with Crippen LogP contribution in [-0.4, -0.2) is 81.3 Å². The van der Waals surface area contributed by atoms with Gasteiger partial charge in [0.25, 0.3) is 0 Å². The number of esters is 5. The van der Waals surface area contributed by atoms with Gasteiger partial charge in [0.05, 0.1) is 5.92 Å². The summed E-state index contributed by atoms with van der Waals surface area (Å²) in [6.45, 7) is 10.8. The molecule has 0 bridgehead atoms. The molecule has 0 unspecified atom stereocenters. The van der Waals surface area contributed by atoms with E-state index in [0.29, 0.717) is 12.8 Å². The second-order valence-corrected chi connectivity index (χ2v) is 12.6. The zero-order chi connectivity index (χ0) is 33.7. The minimum absolute atomic E-state index is 0.0224. The van der Waals surface area contributed by atoms with Crippen LogP contribution < -0.4 is 0 Å². The van der Waals surface area contributed by atoms with Crippen LogP contribution in [0.4, 0.5) is 0 Å². The van der Waals surface area contributed by atoms with E-state index in [-0.39, 0.29) is 24.0 Å². The number of hydrogen-bond acceptors (Lipinski definition) is 12. The summed E-state index contributed by atoms with van der Waals surface area (Å²) >= 11 is 0. The Hall–Kier alpha value is -3.25. The molecule has 0 aromatic heterocycles. The monoisotopic (exact) mass is 636 g/mol. The molecule has 2 aliphatic carbocycles. The highest BCUT2D eigenvalue weighted by Crippen LogP contribution is 2.56. The molecule has 2 fully saturated rings. The maximum Gasteiger partial charge on any atom is 0.341 e. The Bertz CT molecular complexity index is 1220. The average molecular weight is 637 g/mol. The lowest BCUT2D eigenvalue weighted by Gasteiger charge is -2.41. The number of aliphatic hydroxyl groups is 2. The Morgan fingerprint density at radius 3 is 2.20 bits per heavy atom. The summed E-state index contributed by atoms with van der Waals surface area (Å²) in [5, 5.41) is 23.6. The fourth-order valence-electron chi connectivity index (χ4n) is 6.54. The molecular formula is C33H48O12. The Morgan fingerprint density at radius 2 is 1.60 bits per heavy atom. The summed E-state index contributed by atoms with van der Waals surface area (Å²) in [6, 6.07) is 0. The third-order valence-corrected chi connectivity index (χ3v) is 9.07. The second-order valence-electron chi connectivity index (χ2n) is 12.6. The van der Waals surface area contributed by atoms with E-state index in [2.05, 4.69) is 6.92 Å². The molecule has 1 saturated carbocycles. The molecule has 8 atom stereocenters. The summed E-state index contributed by atoms with van der Waals surface area (Å²) < 4.78 is 28.9. The van der Waals surface area contributed by atoms with Gasteiger partial charge < -0.3 is 33.9 Å². The van der Waals surface area contributed by atoms with Crippen molar-refractivity contribution < 1.29 is 57.9 Å². The molecule has 1 saturated heterocycles. The zero-order valence-corrected chi connectivity index (χ0v) is 27.4. The minimum Gasteiger partial charge on any atom is -0.459 e. The smallest absolute Gasteiger partial charge is 0.341 e. The molecule has 12 heteroatoms. The number of hydrogen-bond donors (Lipinski definition) is 2. The average Bonchev–Trinajstić information content (AvgIpc) is 3.36. The molecule has 0 aromatic carbocycles. The normalized spacial score (nSPS) is 34.1. The minimum atomic E-state index is -2.57. The van der Waals surface area contributed by atoms with Crippen molar-refractivity contribution in [1.29, 1.82) is 0 Å². The molecule has 2 N–H and O–H groups in total. The van der Waals surface area contributed by atoms with Crippen molar-refractivity contribution in [2.75, 3.05) is 0 Å². The van der Waals surface area contributed by atoms with Crippen LogP contribution >= 0.6 is 0 Å². The van der Waals surface area contributed by atoms with Gasteiger partial charge in [-0.3, -0.25) is 14.4 Å². The van der Waals surface area contributed by atoms with Crippen molar-refractivity contribution >= 4 is 29.8 Å². The Balaban J connectivity index is 2.17. The summed E-state index contributed by atoms with van der Waals surface area (Å²) in [5.74, 6) is -5.04. The van der Waals surface area contributed by atoms with Crippen LogP contribution in [0.25, 0.3) is 0 Å². The highest BCUT2D eigenvalue weighted by atomic mass is 16.6. The van der Waals surface area contributed by atoms with E-state index in [0.717, 1.165) is 32.6 Å². The van der Waals surface area contributed by atoms with E-state index in [9.17, 15) is 34.2 Å². The fraction of sp³-hybridized carbons (Fsp3) is 0.727. The summed E-state index contributed by atoms with van der Waals surface area (Å²) in [4.78, 5) is 64.5. The highest BCUT2D eigenvalue weighted by molar-refractivity contribution is 5.88. The predicted octanol–water partition coefficient (Wildman–Crippen LogP) is 3.54. The van der Waals surface area contributed by atoms with Gasteiger partial charge in [0.15, 0.2) is 29.5 Å². The summed E-state index contributed by atoms with van der Waals surface area (Å²) in [5.41, 5.74) is -6.42. The first kappa shape index (κ1) is 36.2. The number of unbranched alkanes of at least 4 members (excludes halogenated alkanes) is 4. The van der Waals surface area contributed by atoms with Gasteiger partial charge in [-0.15, -0.1) is 0 Å². The van der Waals surface area contributed by atoms with Gasteiger partial charge in [0, 0.05) is 31.8 Å². The molecule has 0 amide bonds. The van der Waals surface area contributed by atoms with E-state index in [1.54, 1.807) is 26.8 Å². The number of carbonyl (C=O) groups excluding carboxylic acids is 5. The molecule has 3 aliphatic rings. The molecule has 1 aliphatic heterocycles. The van der Waals surface area contributed by atoms with Crippen molar-refractivity contribution in [2.24, 2.45) is 5.92 Å². The molecule has 0 radical (unpaired) electrons. The molecule has 1 heterocycles. The Labute approximate surface area is 264 Å². The van der Waals surface area contributed by atoms with Crippen LogP contribution in [-0.2, 0) is 47.7 Å². The van der Waals surface area contributed by atoms with Crippen molar-refractivity contribution in [3.05, 3.63) is 23.3 Å². The number of rotatable bonds is 13. The van der Waals surface area contributed by atoms with Gasteiger partial charge in [-0.1, -0.05) is 45.6 Å². The quantitative estimate of drug-likeness (QED) is 0.0992. The lowest BCUT2D eigenvalue weighted by molar-refractivity contribution is -0.212. The first-order chi connectivity index (χ1) is 21.1. The van der Waals surface area contributed by atoms with Crippen molar-refractivity contribution in [1.82, 2.24) is 0 Å². The first-order valence-corrected chi connectivity index (χ1v) is 15.9. The largest absolute Gasteiger partial charge is 0.459 e. The van der Waals surface area contributed by atoms with E-state index in [1.165, 1.54) is 19.9 Å². The third-order valence-electron chi connectivity index (χ3n) is 9.07. The number of allylic oxidation sites excluding steroid dienone is 1. The van der Waals surface area contributed by atoms with Gasteiger partial charge in [-0.25, -0.2) is 9.59 Å². The Morgan fingerprint density at radius 1 is 0.956 bits per heavy atom. The molecule has 0 aromatic rings. The second kappa shape index (κ2) is 14.5. The van der Waals surface area contributed by atoms with Gasteiger partial charge in [0.2, 0.25) is 0 Å². The van der Waals surface area contributed by atoms with Crippen LogP contribution in [0.5, 0.6) is 0 Å². The summed E-state index contributed by atoms with van der Waals surface area (Å²) in [7, 11) is 0. The zero-order valence-electron chi connectivity index (χ0n) is 27.4. The fourth-order valence-corrected chi connectivity index (χ4v) is 6.54. The van der Waals surface area contributed by atoms with E-state index in [1.807, 2.05) is 0 Å². The maximum atomic E-state index is 13.2. The third kappa shape index (κ3) is 7.27.